The van der Waals surface area contributed by atoms with E-state index in [1.807, 2.05) is 25.0 Å². The van der Waals surface area contributed by atoms with Gasteiger partial charge in [-0.05, 0) is 25.8 Å². The van der Waals surface area contributed by atoms with Crippen LogP contribution in [-0.2, 0) is 14.4 Å². The summed E-state index contributed by atoms with van der Waals surface area (Å²) in [6.45, 7) is 8.26. The maximum Gasteiger partial charge on any atom is 0.375 e. The number of hydrogen-bond donors (Lipinski definition) is 0. The Labute approximate surface area is 90.8 Å². The maximum absolute atomic E-state index is 11.3. The van der Waals surface area contributed by atoms with Crippen molar-refractivity contribution in [1.82, 2.24) is 5.06 Å². The van der Waals surface area contributed by atoms with Crippen LogP contribution in [0.1, 0.15) is 27.7 Å². The molecule has 0 radical (unpaired) electrons. The lowest BCUT2D eigenvalue weighted by Crippen LogP contribution is -2.38. The molecular weight excluding hydrogens is 194 g/mol. The topological polar surface area (TPSA) is 38.8 Å². The first kappa shape index (κ1) is 12.0. The molecule has 0 aromatic carbocycles. The molecule has 15 heavy (non-hydrogen) atoms. The third-order valence-corrected chi connectivity index (χ3v) is 2.40. The van der Waals surface area contributed by atoms with E-state index in [-0.39, 0.29) is 12.1 Å². The van der Waals surface area contributed by atoms with E-state index < -0.39 is 5.97 Å². The minimum absolute atomic E-state index is 0.138. The van der Waals surface area contributed by atoms with Crippen molar-refractivity contribution in [3.05, 3.63) is 11.8 Å². The van der Waals surface area contributed by atoms with Crippen molar-refractivity contribution in [2.75, 3.05) is 7.11 Å². The highest BCUT2D eigenvalue weighted by Gasteiger charge is 2.34. The SMILES string of the molecule is COC(=O)C1=CC(C(C)C)N(C(C)C)O1. The lowest BCUT2D eigenvalue weighted by atomic mass is 10.0. The van der Waals surface area contributed by atoms with Gasteiger partial charge in [0.2, 0.25) is 5.76 Å². The van der Waals surface area contributed by atoms with Crippen molar-refractivity contribution in [3.63, 3.8) is 0 Å². The summed E-state index contributed by atoms with van der Waals surface area (Å²) in [5, 5.41) is 1.83. The highest BCUT2D eigenvalue weighted by atomic mass is 16.7. The third kappa shape index (κ3) is 2.50. The molecule has 0 N–H and O–H groups in total. The van der Waals surface area contributed by atoms with Crippen molar-refractivity contribution in [3.8, 4) is 0 Å². The lowest BCUT2D eigenvalue weighted by Gasteiger charge is -2.28. The second-order valence-corrected chi connectivity index (χ2v) is 4.30. The van der Waals surface area contributed by atoms with Gasteiger partial charge >= 0.3 is 5.97 Å². The van der Waals surface area contributed by atoms with Gasteiger partial charge in [0.1, 0.15) is 0 Å². The third-order valence-electron chi connectivity index (χ3n) is 2.40. The Hall–Kier alpha value is -1.03. The normalized spacial score (nSPS) is 21.8. The van der Waals surface area contributed by atoms with Crippen molar-refractivity contribution in [2.24, 2.45) is 5.92 Å². The van der Waals surface area contributed by atoms with E-state index in [9.17, 15) is 4.79 Å². The Morgan fingerprint density at radius 2 is 2.07 bits per heavy atom. The van der Waals surface area contributed by atoms with Crippen LogP contribution in [0.4, 0.5) is 0 Å². The van der Waals surface area contributed by atoms with Crippen molar-refractivity contribution < 1.29 is 14.4 Å². The molecule has 1 aliphatic heterocycles. The van der Waals surface area contributed by atoms with Gasteiger partial charge in [-0.3, -0.25) is 0 Å². The highest BCUT2D eigenvalue weighted by molar-refractivity contribution is 5.86. The maximum atomic E-state index is 11.3. The number of ether oxygens (including phenoxy) is 1. The van der Waals surface area contributed by atoms with Crippen molar-refractivity contribution >= 4 is 5.97 Å². The molecule has 0 spiro atoms. The largest absolute Gasteiger partial charge is 0.463 e. The molecule has 0 fully saturated rings. The number of carbonyl (C=O) groups is 1. The summed E-state index contributed by atoms with van der Waals surface area (Å²) in [4.78, 5) is 16.8. The van der Waals surface area contributed by atoms with Crippen LogP contribution in [0.3, 0.4) is 0 Å². The standard InChI is InChI=1S/C11H19NO3/c1-7(2)9-6-10(11(13)14-5)15-12(9)8(3)4/h6-9H,1-5H3. The first-order valence-electron chi connectivity index (χ1n) is 5.23. The van der Waals surface area contributed by atoms with Crippen molar-refractivity contribution in [2.45, 2.75) is 39.8 Å². The zero-order chi connectivity index (χ0) is 11.6. The van der Waals surface area contributed by atoms with Gasteiger partial charge < -0.3 is 9.57 Å². The number of hydrogen-bond acceptors (Lipinski definition) is 4. The molecule has 1 atom stereocenters. The van der Waals surface area contributed by atoms with Gasteiger partial charge in [-0.2, -0.15) is 0 Å². The van der Waals surface area contributed by atoms with Gasteiger partial charge in [-0.1, -0.05) is 13.8 Å². The van der Waals surface area contributed by atoms with Crippen LogP contribution >= 0.6 is 0 Å². The molecule has 1 rings (SSSR count). The van der Waals surface area contributed by atoms with Gasteiger partial charge in [0, 0.05) is 6.04 Å². The van der Waals surface area contributed by atoms with E-state index in [0.717, 1.165) is 0 Å². The van der Waals surface area contributed by atoms with Crippen LogP contribution in [0.5, 0.6) is 0 Å². The van der Waals surface area contributed by atoms with E-state index in [1.54, 1.807) is 0 Å². The van der Waals surface area contributed by atoms with E-state index in [4.69, 9.17) is 4.84 Å². The molecule has 1 heterocycles. The van der Waals surface area contributed by atoms with Crippen LogP contribution in [0.25, 0.3) is 0 Å². The summed E-state index contributed by atoms with van der Waals surface area (Å²) in [5.41, 5.74) is 0. The minimum Gasteiger partial charge on any atom is -0.463 e. The summed E-state index contributed by atoms with van der Waals surface area (Å²) in [6.07, 6.45) is 1.83. The fourth-order valence-corrected chi connectivity index (χ4v) is 1.58. The quantitative estimate of drug-likeness (QED) is 0.669. The second-order valence-electron chi connectivity index (χ2n) is 4.30. The second kappa shape index (κ2) is 4.66. The molecular formula is C11H19NO3. The Morgan fingerprint density at radius 3 is 2.40 bits per heavy atom. The van der Waals surface area contributed by atoms with Gasteiger partial charge in [-0.25, -0.2) is 4.79 Å². The molecule has 86 valence electrons. The predicted molar refractivity (Wildman–Crippen MR) is 56.8 cm³/mol. The summed E-state index contributed by atoms with van der Waals surface area (Å²) in [7, 11) is 1.36. The Kier molecular flexibility index (Phi) is 3.74. The predicted octanol–water partition coefficient (Wildman–Crippen LogP) is 1.72. The molecule has 0 amide bonds. The van der Waals surface area contributed by atoms with E-state index >= 15 is 0 Å². The molecule has 0 saturated carbocycles. The zero-order valence-corrected chi connectivity index (χ0v) is 9.98. The number of methoxy groups -OCH3 is 1. The molecule has 1 unspecified atom stereocenters. The lowest BCUT2D eigenvalue weighted by molar-refractivity contribution is -0.169. The number of nitrogens with zero attached hydrogens (tertiary/aromatic N) is 1. The number of carbonyl (C=O) groups excluding carboxylic acids is 1. The summed E-state index contributed by atoms with van der Waals surface area (Å²) in [6, 6.07) is 0.370. The van der Waals surface area contributed by atoms with Gasteiger partial charge in [0.25, 0.3) is 0 Å². The first-order valence-corrected chi connectivity index (χ1v) is 5.23. The van der Waals surface area contributed by atoms with Crippen molar-refractivity contribution in [1.29, 1.82) is 0 Å². The molecule has 0 bridgehead atoms. The Bertz CT molecular complexity index is 271. The number of rotatable bonds is 3. The van der Waals surface area contributed by atoms with Crippen LogP contribution < -0.4 is 0 Å². The van der Waals surface area contributed by atoms with E-state index in [0.29, 0.717) is 11.7 Å². The van der Waals surface area contributed by atoms with Gasteiger partial charge in [0.15, 0.2) is 0 Å². The minimum atomic E-state index is -0.413. The molecule has 0 aromatic heterocycles. The average Bonchev–Trinajstić information content (AvgIpc) is 2.61. The van der Waals surface area contributed by atoms with Crippen LogP contribution in [0, 0.1) is 5.92 Å². The Morgan fingerprint density at radius 1 is 1.47 bits per heavy atom. The van der Waals surface area contributed by atoms with Gasteiger partial charge in [-0.15, -0.1) is 5.06 Å². The van der Waals surface area contributed by atoms with Crippen LogP contribution in [-0.4, -0.2) is 30.2 Å². The van der Waals surface area contributed by atoms with Gasteiger partial charge in [0.05, 0.1) is 13.2 Å². The molecule has 0 aromatic rings. The zero-order valence-electron chi connectivity index (χ0n) is 9.98. The van der Waals surface area contributed by atoms with Crippen LogP contribution in [0.2, 0.25) is 0 Å². The number of hydroxylamine groups is 2. The monoisotopic (exact) mass is 213 g/mol. The molecule has 4 nitrogen and oxygen atoms in total. The van der Waals surface area contributed by atoms with E-state index in [1.165, 1.54) is 7.11 Å². The first-order chi connectivity index (χ1) is 6.97. The molecule has 0 aliphatic carbocycles. The molecule has 0 saturated heterocycles. The average molecular weight is 213 g/mol. The Balaban J connectivity index is 2.81. The molecule has 1 aliphatic rings. The summed E-state index contributed by atoms with van der Waals surface area (Å²) >= 11 is 0. The number of esters is 1. The van der Waals surface area contributed by atoms with Crippen LogP contribution in [0.15, 0.2) is 11.8 Å². The summed E-state index contributed by atoms with van der Waals surface area (Å²) in [5.74, 6) is 0.281. The highest BCUT2D eigenvalue weighted by Crippen LogP contribution is 2.26. The smallest absolute Gasteiger partial charge is 0.375 e. The fourth-order valence-electron chi connectivity index (χ4n) is 1.58. The molecule has 4 heteroatoms. The fraction of sp³-hybridized carbons (Fsp3) is 0.727. The van der Waals surface area contributed by atoms with E-state index in [2.05, 4.69) is 18.6 Å². The summed E-state index contributed by atoms with van der Waals surface area (Å²) < 4.78 is 4.63.